The minimum atomic E-state index is 0.272. The average molecular weight is 262 g/mol. The third-order valence-electron chi connectivity index (χ3n) is 2.34. The molecule has 0 fully saturated rings. The van der Waals surface area contributed by atoms with Crippen molar-refractivity contribution in [2.24, 2.45) is 0 Å². The van der Waals surface area contributed by atoms with Crippen LogP contribution in [0.3, 0.4) is 0 Å². The first kappa shape index (κ1) is 13.8. The van der Waals surface area contributed by atoms with E-state index >= 15 is 0 Å². The summed E-state index contributed by atoms with van der Waals surface area (Å²) in [6.07, 6.45) is 2.81. The number of nitrogens with one attached hydrogen (secondary N) is 1. The molecular formula is C12H17Cl2NO. The Bertz CT molecular complexity index is 318. The van der Waals surface area contributed by atoms with Gasteiger partial charge >= 0.3 is 0 Å². The smallest absolute Gasteiger partial charge is 0.0595 e. The summed E-state index contributed by atoms with van der Waals surface area (Å²) >= 11 is 11.7. The Labute approximate surface area is 107 Å². The normalized spacial score (nSPS) is 10.7. The molecule has 0 saturated heterocycles. The average Bonchev–Trinajstić information content (AvgIpc) is 2.28. The molecule has 0 bridgehead atoms. The highest BCUT2D eigenvalue weighted by Gasteiger charge is 1.99. The number of halogens is 2. The first-order valence-electron chi connectivity index (χ1n) is 5.49. The SMILES string of the molecule is OCCCCNCCc1ccc(Cl)c(Cl)c1. The van der Waals surface area contributed by atoms with Gasteiger partial charge in [-0.3, -0.25) is 0 Å². The monoisotopic (exact) mass is 261 g/mol. The number of benzene rings is 1. The van der Waals surface area contributed by atoms with Crippen LogP contribution in [-0.2, 0) is 6.42 Å². The molecule has 2 N–H and O–H groups in total. The molecule has 0 amide bonds. The van der Waals surface area contributed by atoms with E-state index in [-0.39, 0.29) is 6.61 Å². The second-order valence-electron chi connectivity index (χ2n) is 3.68. The van der Waals surface area contributed by atoms with E-state index in [1.807, 2.05) is 18.2 Å². The molecule has 0 aromatic heterocycles. The Hall–Kier alpha value is -0.280. The third kappa shape index (κ3) is 5.17. The number of aliphatic hydroxyl groups is 1. The molecule has 0 aliphatic rings. The molecule has 4 heteroatoms. The van der Waals surface area contributed by atoms with Crippen LogP contribution >= 0.6 is 23.2 Å². The van der Waals surface area contributed by atoms with Gasteiger partial charge in [-0.1, -0.05) is 29.3 Å². The number of unbranched alkanes of at least 4 members (excludes halogenated alkanes) is 1. The van der Waals surface area contributed by atoms with Gasteiger partial charge in [0.15, 0.2) is 0 Å². The van der Waals surface area contributed by atoms with Crippen LogP contribution in [0.5, 0.6) is 0 Å². The summed E-state index contributed by atoms with van der Waals surface area (Å²) < 4.78 is 0. The van der Waals surface area contributed by atoms with E-state index in [0.717, 1.165) is 32.4 Å². The van der Waals surface area contributed by atoms with Gasteiger partial charge in [0.1, 0.15) is 0 Å². The highest BCUT2D eigenvalue weighted by atomic mass is 35.5. The summed E-state index contributed by atoms with van der Waals surface area (Å²) in [6.45, 7) is 2.14. The van der Waals surface area contributed by atoms with E-state index in [0.29, 0.717) is 10.0 Å². The Morgan fingerprint density at radius 1 is 1.06 bits per heavy atom. The molecule has 1 aromatic rings. The van der Waals surface area contributed by atoms with E-state index in [9.17, 15) is 0 Å². The van der Waals surface area contributed by atoms with Crippen molar-refractivity contribution in [3.8, 4) is 0 Å². The fraction of sp³-hybridized carbons (Fsp3) is 0.500. The zero-order valence-corrected chi connectivity index (χ0v) is 10.7. The van der Waals surface area contributed by atoms with Crippen LogP contribution in [0.15, 0.2) is 18.2 Å². The molecule has 90 valence electrons. The molecule has 0 aliphatic heterocycles. The largest absolute Gasteiger partial charge is 0.396 e. The second-order valence-corrected chi connectivity index (χ2v) is 4.49. The van der Waals surface area contributed by atoms with Crippen molar-refractivity contribution in [1.82, 2.24) is 5.32 Å². The molecule has 0 aliphatic carbocycles. The van der Waals surface area contributed by atoms with Crippen molar-refractivity contribution >= 4 is 23.2 Å². The Balaban J connectivity index is 2.19. The van der Waals surface area contributed by atoms with Gasteiger partial charge in [-0.25, -0.2) is 0 Å². The fourth-order valence-corrected chi connectivity index (χ4v) is 1.74. The summed E-state index contributed by atoms with van der Waals surface area (Å²) in [5.74, 6) is 0. The molecule has 1 aromatic carbocycles. The molecule has 0 spiro atoms. The van der Waals surface area contributed by atoms with Crippen LogP contribution in [0.2, 0.25) is 10.0 Å². The third-order valence-corrected chi connectivity index (χ3v) is 3.08. The first-order valence-corrected chi connectivity index (χ1v) is 6.25. The van der Waals surface area contributed by atoms with Crippen molar-refractivity contribution in [3.63, 3.8) is 0 Å². The van der Waals surface area contributed by atoms with E-state index in [1.54, 1.807) is 0 Å². The van der Waals surface area contributed by atoms with Gasteiger partial charge in [0.25, 0.3) is 0 Å². The van der Waals surface area contributed by atoms with Crippen LogP contribution < -0.4 is 5.32 Å². The fourth-order valence-electron chi connectivity index (χ4n) is 1.41. The lowest BCUT2D eigenvalue weighted by molar-refractivity contribution is 0.284. The van der Waals surface area contributed by atoms with Crippen molar-refractivity contribution in [2.45, 2.75) is 19.3 Å². The molecule has 0 unspecified atom stereocenters. The van der Waals surface area contributed by atoms with Gasteiger partial charge in [0, 0.05) is 6.61 Å². The van der Waals surface area contributed by atoms with Gasteiger partial charge in [-0.15, -0.1) is 0 Å². The Kier molecular flexibility index (Phi) is 6.81. The lowest BCUT2D eigenvalue weighted by Crippen LogP contribution is -2.18. The standard InChI is InChI=1S/C12H17Cl2NO/c13-11-4-3-10(9-12(11)14)5-7-15-6-1-2-8-16/h3-4,9,15-16H,1-2,5-8H2. The maximum Gasteiger partial charge on any atom is 0.0595 e. The predicted molar refractivity (Wildman–Crippen MR) is 69.4 cm³/mol. The van der Waals surface area contributed by atoms with Crippen molar-refractivity contribution in [2.75, 3.05) is 19.7 Å². The summed E-state index contributed by atoms with van der Waals surface area (Å²) in [7, 11) is 0. The topological polar surface area (TPSA) is 32.3 Å². The summed E-state index contributed by atoms with van der Waals surface area (Å²) in [5.41, 5.74) is 1.18. The molecule has 0 heterocycles. The van der Waals surface area contributed by atoms with Crippen LogP contribution in [0.4, 0.5) is 0 Å². The van der Waals surface area contributed by atoms with Gasteiger partial charge in [-0.2, -0.15) is 0 Å². The first-order chi connectivity index (χ1) is 7.74. The molecule has 16 heavy (non-hydrogen) atoms. The lowest BCUT2D eigenvalue weighted by Gasteiger charge is -2.05. The van der Waals surface area contributed by atoms with E-state index < -0.39 is 0 Å². The van der Waals surface area contributed by atoms with E-state index in [1.165, 1.54) is 5.56 Å². The van der Waals surface area contributed by atoms with Gasteiger partial charge < -0.3 is 10.4 Å². The summed E-state index contributed by atoms with van der Waals surface area (Å²) in [6, 6.07) is 5.72. The summed E-state index contributed by atoms with van der Waals surface area (Å²) in [5, 5.41) is 13.1. The second kappa shape index (κ2) is 7.91. The minimum absolute atomic E-state index is 0.272. The molecule has 1 rings (SSSR count). The zero-order valence-electron chi connectivity index (χ0n) is 9.18. The minimum Gasteiger partial charge on any atom is -0.396 e. The van der Waals surface area contributed by atoms with Crippen LogP contribution in [-0.4, -0.2) is 24.8 Å². The number of hydrogen-bond donors (Lipinski definition) is 2. The molecule has 0 saturated carbocycles. The van der Waals surface area contributed by atoms with Crippen molar-refractivity contribution in [1.29, 1.82) is 0 Å². The highest BCUT2D eigenvalue weighted by molar-refractivity contribution is 6.42. The Morgan fingerprint density at radius 3 is 2.56 bits per heavy atom. The van der Waals surface area contributed by atoms with Gasteiger partial charge in [0.2, 0.25) is 0 Å². The molecule has 0 radical (unpaired) electrons. The Morgan fingerprint density at radius 2 is 1.88 bits per heavy atom. The zero-order chi connectivity index (χ0) is 11.8. The van der Waals surface area contributed by atoms with Gasteiger partial charge in [-0.05, 0) is 50.0 Å². The number of rotatable bonds is 7. The van der Waals surface area contributed by atoms with Crippen molar-refractivity contribution in [3.05, 3.63) is 33.8 Å². The van der Waals surface area contributed by atoms with Crippen LogP contribution in [0, 0.1) is 0 Å². The maximum absolute atomic E-state index is 8.60. The van der Waals surface area contributed by atoms with E-state index in [2.05, 4.69) is 5.32 Å². The van der Waals surface area contributed by atoms with Crippen LogP contribution in [0.1, 0.15) is 18.4 Å². The summed E-state index contributed by atoms with van der Waals surface area (Å²) in [4.78, 5) is 0. The molecule has 2 nitrogen and oxygen atoms in total. The molecule has 0 atom stereocenters. The predicted octanol–water partition coefficient (Wildman–Crippen LogP) is 2.90. The molecular weight excluding hydrogens is 245 g/mol. The number of aliphatic hydroxyl groups excluding tert-OH is 1. The van der Waals surface area contributed by atoms with Crippen molar-refractivity contribution < 1.29 is 5.11 Å². The quantitative estimate of drug-likeness (QED) is 0.740. The maximum atomic E-state index is 8.60. The number of hydrogen-bond acceptors (Lipinski definition) is 2. The van der Waals surface area contributed by atoms with Gasteiger partial charge in [0.05, 0.1) is 10.0 Å². The highest BCUT2D eigenvalue weighted by Crippen LogP contribution is 2.22. The van der Waals surface area contributed by atoms with Crippen LogP contribution in [0.25, 0.3) is 0 Å². The lowest BCUT2D eigenvalue weighted by atomic mass is 10.1. The van der Waals surface area contributed by atoms with E-state index in [4.69, 9.17) is 28.3 Å².